The molecule has 0 amide bonds. The van der Waals surface area contributed by atoms with Crippen molar-refractivity contribution in [2.45, 2.75) is 19.1 Å². The minimum atomic E-state index is -3.35. The standard InChI is InChI=1S/C11H13ClO3S/c1-8(2)16(14,15)7-11(13)9-4-3-5-10(12)6-9/h3-6,8H,7H2,1-2H3. The van der Waals surface area contributed by atoms with E-state index in [4.69, 9.17) is 11.6 Å². The quantitative estimate of drug-likeness (QED) is 0.781. The van der Waals surface area contributed by atoms with Crippen molar-refractivity contribution in [3.63, 3.8) is 0 Å². The minimum absolute atomic E-state index is 0.330. The van der Waals surface area contributed by atoms with Crippen LogP contribution in [0.3, 0.4) is 0 Å². The zero-order valence-electron chi connectivity index (χ0n) is 9.10. The first-order chi connectivity index (χ1) is 7.33. The van der Waals surface area contributed by atoms with E-state index in [1.165, 1.54) is 6.07 Å². The predicted octanol–water partition coefficient (Wildman–Crippen LogP) is 2.35. The van der Waals surface area contributed by atoms with Gasteiger partial charge in [-0.25, -0.2) is 8.42 Å². The molecule has 0 spiro atoms. The van der Waals surface area contributed by atoms with Gasteiger partial charge in [0.15, 0.2) is 15.6 Å². The fourth-order valence-corrected chi connectivity index (χ4v) is 2.15. The molecule has 3 nitrogen and oxygen atoms in total. The largest absolute Gasteiger partial charge is 0.293 e. The van der Waals surface area contributed by atoms with Crippen LogP contribution in [0.2, 0.25) is 5.02 Å². The van der Waals surface area contributed by atoms with Crippen molar-refractivity contribution in [3.8, 4) is 0 Å². The van der Waals surface area contributed by atoms with Crippen LogP contribution in [0.4, 0.5) is 0 Å². The van der Waals surface area contributed by atoms with Gasteiger partial charge in [0.1, 0.15) is 5.75 Å². The molecule has 0 aliphatic heterocycles. The number of carbonyl (C=O) groups excluding carboxylic acids is 1. The molecule has 1 aromatic rings. The van der Waals surface area contributed by atoms with Crippen molar-refractivity contribution >= 4 is 27.2 Å². The summed E-state index contributed by atoms with van der Waals surface area (Å²) < 4.78 is 23.1. The Balaban J connectivity index is 2.90. The second-order valence-electron chi connectivity index (χ2n) is 3.79. The van der Waals surface area contributed by atoms with Crippen LogP contribution in [-0.4, -0.2) is 25.2 Å². The zero-order chi connectivity index (χ0) is 12.3. The van der Waals surface area contributed by atoms with Crippen molar-refractivity contribution in [2.24, 2.45) is 0 Å². The third-order valence-corrected chi connectivity index (χ3v) is 4.53. The van der Waals surface area contributed by atoms with E-state index in [1.54, 1.807) is 32.0 Å². The summed E-state index contributed by atoms with van der Waals surface area (Å²) in [6.07, 6.45) is 0. The number of ketones is 1. The van der Waals surface area contributed by atoms with Gasteiger partial charge in [0.05, 0.1) is 5.25 Å². The Morgan fingerprint density at radius 1 is 1.38 bits per heavy atom. The van der Waals surface area contributed by atoms with E-state index in [-0.39, 0.29) is 0 Å². The van der Waals surface area contributed by atoms with Gasteiger partial charge in [0.25, 0.3) is 0 Å². The van der Waals surface area contributed by atoms with Crippen LogP contribution >= 0.6 is 11.6 Å². The lowest BCUT2D eigenvalue weighted by Gasteiger charge is -2.06. The van der Waals surface area contributed by atoms with Crippen LogP contribution in [0.25, 0.3) is 0 Å². The monoisotopic (exact) mass is 260 g/mol. The van der Waals surface area contributed by atoms with Crippen LogP contribution in [0.1, 0.15) is 24.2 Å². The van der Waals surface area contributed by atoms with E-state index in [2.05, 4.69) is 0 Å². The summed E-state index contributed by atoms with van der Waals surface area (Å²) in [5.74, 6) is -0.887. The summed E-state index contributed by atoms with van der Waals surface area (Å²) in [5.41, 5.74) is 0.330. The Hall–Kier alpha value is -0.870. The van der Waals surface area contributed by atoms with Gasteiger partial charge in [-0.1, -0.05) is 23.7 Å². The summed E-state index contributed by atoms with van der Waals surface area (Å²) >= 11 is 5.72. The average Bonchev–Trinajstić information content (AvgIpc) is 2.16. The highest BCUT2D eigenvalue weighted by atomic mass is 35.5. The maximum Gasteiger partial charge on any atom is 0.177 e. The molecule has 5 heteroatoms. The predicted molar refractivity (Wildman–Crippen MR) is 64.7 cm³/mol. The SMILES string of the molecule is CC(C)S(=O)(=O)CC(=O)c1cccc(Cl)c1. The molecule has 0 bridgehead atoms. The van der Waals surface area contributed by atoms with Crippen molar-refractivity contribution in [1.29, 1.82) is 0 Å². The number of halogens is 1. The molecular weight excluding hydrogens is 248 g/mol. The Kier molecular flexibility index (Phi) is 4.10. The lowest BCUT2D eigenvalue weighted by molar-refractivity contribution is 0.102. The second kappa shape index (κ2) is 4.97. The van der Waals surface area contributed by atoms with Gasteiger partial charge < -0.3 is 0 Å². The van der Waals surface area contributed by atoms with Crippen LogP contribution in [0.15, 0.2) is 24.3 Å². The third-order valence-electron chi connectivity index (χ3n) is 2.20. The average molecular weight is 261 g/mol. The van der Waals surface area contributed by atoms with Gasteiger partial charge in [-0.3, -0.25) is 4.79 Å². The highest BCUT2D eigenvalue weighted by Crippen LogP contribution is 2.13. The summed E-state index contributed by atoms with van der Waals surface area (Å²) in [6, 6.07) is 6.29. The highest BCUT2D eigenvalue weighted by Gasteiger charge is 2.21. The van der Waals surface area contributed by atoms with Crippen LogP contribution in [0.5, 0.6) is 0 Å². The molecule has 1 rings (SSSR count). The fourth-order valence-electron chi connectivity index (χ4n) is 1.09. The number of hydrogen-bond acceptors (Lipinski definition) is 3. The number of benzene rings is 1. The minimum Gasteiger partial charge on any atom is -0.293 e. The van der Waals surface area contributed by atoms with Crippen LogP contribution < -0.4 is 0 Å². The Bertz CT molecular complexity index is 492. The number of sulfone groups is 1. The smallest absolute Gasteiger partial charge is 0.177 e. The van der Waals surface area contributed by atoms with Gasteiger partial charge in [-0.05, 0) is 26.0 Å². The number of hydrogen-bond donors (Lipinski definition) is 0. The van der Waals surface area contributed by atoms with Crippen molar-refractivity contribution in [2.75, 3.05) is 5.75 Å². The molecule has 0 saturated heterocycles. The second-order valence-corrected chi connectivity index (χ2v) is 6.78. The van der Waals surface area contributed by atoms with E-state index >= 15 is 0 Å². The molecule has 0 aromatic heterocycles. The molecule has 0 heterocycles. The lowest BCUT2D eigenvalue weighted by Crippen LogP contribution is -2.23. The molecule has 0 saturated carbocycles. The van der Waals surface area contributed by atoms with Crippen molar-refractivity contribution in [1.82, 2.24) is 0 Å². The maximum atomic E-state index is 11.7. The van der Waals surface area contributed by atoms with Crippen molar-refractivity contribution in [3.05, 3.63) is 34.9 Å². The fraction of sp³-hybridized carbons (Fsp3) is 0.364. The van der Waals surface area contributed by atoms with Gasteiger partial charge >= 0.3 is 0 Å². The van der Waals surface area contributed by atoms with Crippen LogP contribution in [0, 0.1) is 0 Å². The van der Waals surface area contributed by atoms with E-state index in [0.717, 1.165) is 0 Å². The van der Waals surface area contributed by atoms with Crippen molar-refractivity contribution < 1.29 is 13.2 Å². The Morgan fingerprint density at radius 2 is 2.00 bits per heavy atom. The highest BCUT2D eigenvalue weighted by molar-refractivity contribution is 7.92. The first kappa shape index (κ1) is 13.2. The maximum absolute atomic E-state index is 11.7. The van der Waals surface area contributed by atoms with Gasteiger partial charge in [-0.2, -0.15) is 0 Å². The Morgan fingerprint density at radius 3 is 2.50 bits per heavy atom. The summed E-state index contributed by atoms with van der Waals surface area (Å²) in [4.78, 5) is 11.7. The third kappa shape index (κ3) is 3.32. The molecule has 16 heavy (non-hydrogen) atoms. The number of carbonyl (C=O) groups is 1. The van der Waals surface area contributed by atoms with Crippen LogP contribution in [-0.2, 0) is 9.84 Å². The topological polar surface area (TPSA) is 51.2 Å². The van der Waals surface area contributed by atoms with E-state index in [0.29, 0.717) is 10.6 Å². The lowest BCUT2D eigenvalue weighted by atomic mass is 10.1. The van der Waals surface area contributed by atoms with Gasteiger partial charge in [-0.15, -0.1) is 0 Å². The number of Topliss-reactive ketones (excluding diaryl/α,β-unsaturated/α-hetero) is 1. The van der Waals surface area contributed by atoms with E-state index in [9.17, 15) is 13.2 Å². The molecule has 0 atom stereocenters. The Labute approximate surface area is 100 Å². The molecule has 0 fully saturated rings. The molecule has 1 aromatic carbocycles. The van der Waals surface area contributed by atoms with Gasteiger partial charge in [0, 0.05) is 10.6 Å². The summed E-state index contributed by atoms with van der Waals surface area (Å²) in [6.45, 7) is 3.11. The summed E-state index contributed by atoms with van der Waals surface area (Å²) in [5, 5.41) is -0.122. The molecule has 0 N–H and O–H groups in total. The molecule has 88 valence electrons. The summed E-state index contributed by atoms with van der Waals surface area (Å²) in [7, 11) is -3.35. The molecule has 0 radical (unpaired) electrons. The normalized spacial score (nSPS) is 11.8. The zero-order valence-corrected chi connectivity index (χ0v) is 10.7. The molecule has 0 unspecified atom stereocenters. The first-order valence-electron chi connectivity index (χ1n) is 4.83. The molecule has 0 aliphatic carbocycles. The van der Waals surface area contributed by atoms with E-state index in [1.807, 2.05) is 0 Å². The van der Waals surface area contributed by atoms with E-state index < -0.39 is 26.6 Å². The molecular formula is C11H13ClO3S. The number of rotatable bonds is 4. The first-order valence-corrected chi connectivity index (χ1v) is 6.92. The van der Waals surface area contributed by atoms with Gasteiger partial charge in [0.2, 0.25) is 0 Å². The molecule has 0 aliphatic rings.